The van der Waals surface area contributed by atoms with Crippen LogP contribution in [0.15, 0.2) is 53.6 Å². The third-order valence-corrected chi connectivity index (χ3v) is 7.39. The first-order valence-corrected chi connectivity index (χ1v) is 14.0. The van der Waals surface area contributed by atoms with Crippen LogP contribution < -0.4 is 15.8 Å². The molecule has 4 rings (SSSR count). The van der Waals surface area contributed by atoms with Gasteiger partial charge in [0.1, 0.15) is 28.9 Å². The van der Waals surface area contributed by atoms with E-state index >= 15 is 4.39 Å². The van der Waals surface area contributed by atoms with Crippen molar-refractivity contribution in [3.63, 3.8) is 0 Å². The number of fused-ring (bicyclic) bond motifs is 1. The number of halogens is 1. The lowest BCUT2D eigenvalue weighted by Crippen LogP contribution is -2.33. The van der Waals surface area contributed by atoms with Crippen molar-refractivity contribution in [1.82, 2.24) is 9.88 Å². The summed E-state index contributed by atoms with van der Waals surface area (Å²) in [6.45, 7) is 4.00. The predicted molar refractivity (Wildman–Crippen MR) is 141 cm³/mol. The Kier molecular flexibility index (Phi) is 7.79. The second-order valence-electron chi connectivity index (χ2n) is 9.14. The first kappa shape index (κ1) is 27.2. The van der Waals surface area contributed by atoms with Gasteiger partial charge in [0.15, 0.2) is 9.84 Å². The molecule has 2 heterocycles. The van der Waals surface area contributed by atoms with Crippen LogP contribution >= 0.6 is 0 Å². The van der Waals surface area contributed by atoms with Crippen molar-refractivity contribution in [3.8, 4) is 16.9 Å². The van der Waals surface area contributed by atoms with E-state index in [9.17, 15) is 18.0 Å². The Bertz CT molecular complexity index is 1490. The number of sulfone groups is 1. The van der Waals surface area contributed by atoms with E-state index in [1.54, 1.807) is 31.0 Å². The summed E-state index contributed by atoms with van der Waals surface area (Å²) in [4.78, 5) is 30.7. The number of ether oxygens (including phenoxy) is 1. The number of carbonyl (C=O) groups is 2. The van der Waals surface area contributed by atoms with Gasteiger partial charge < -0.3 is 20.7 Å². The number of amides is 2. The largest absolute Gasteiger partial charge is 0.491 e. The highest BCUT2D eigenvalue weighted by atomic mass is 32.2. The number of anilines is 1. The van der Waals surface area contributed by atoms with Crippen molar-refractivity contribution in [2.45, 2.75) is 37.8 Å². The Morgan fingerprint density at radius 3 is 2.55 bits per heavy atom. The van der Waals surface area contributed by atoms with Gasteiger partial charge in [-0.2, -0.15) is 0 Å². The molecule has 38 heavy (non-hydrogen) atoms. The highest BCUT2D eigenvalue weighted by molar-refractivity contribution is 7.90. The lowest BCUT2D eigenvalue weighted by Gasteiger charge is -2.22. The van der Waals surface area contributed by atoms with Crippen LogP contribution in [-0.4, -0.2) is 55.6 Å². The average molecular weight is 541 g/mol. The highest BCUT2D eigenvalue weighted by Gasteiger charge is 2.27. The van der Waals surface area contributed by atoms with E-state index in [0.717, 1.165) is 29.0 Å². The lowest BCUT2D eigenvalue weighted by atomic mass is 10.0. The van der Waals surface area contributed by atoms with Gasteiger partial charge in [0.2, 0.25) is 5.91 Å². The highest BCUT2D eigenvalue weighted by Crippen LogP contribution is 2.31. The molecule has 9 nitrogen and oxygen atoms in total. The molecule has 0 spiro atoms. The molecular formula is C27H29FN4O5S. The fourth-order valence-electron chi connectivity index (χ4n) is 4.23. The summed E-state index contributed by atoms with van der Waals surface area (Å²) in [5.74, 6) is -0.616. The molecule has 0 saturated heterocycles. The zero-order valence-corrected chi connectivity index (χ0v) is 22.1. The molecule has 1 unspecified atom stereocenters. The summed E-state index contributed by atoms with van der Waals surface area (Å²) >= 11 is 0. The zero-order valence-electron chi connectivity index (χ0n) is 21.3. The van der Waals surface area contributed by atoms with Gasteiger partial charge in [0.05, 0.1) is 12.6 Å². The maximum atomic E-state index is 15.0. The van der Waals surface area contributed by atoms with Gasteiger partial charge in [-0.15, -0.1) is 0 Å². The SMILES string of the molecule is CCc1c(C(=O)N2CCOc3ccc(-c4ccc(NC(=O)C(C)N)nc4)cc3C2)ccc(S(C)(=O)=O)c1F. The first-order valence-electron chi connectivity index (χ1n) is 12.1. The molecule has 1 atom stereocenters. The van der Waals surface area contributed by atoms with E-state index in [1.807, 2.05) is 24.3 Å². The molecule has 3 aromatic rings. The van der Waals surface area contributed by atoms with Crippen molar-refractivity contribution >= 4 is 27.5 Å². The zero-order chi connectivity index (χ0) is 27.6. The van der Waals surface area contributed by atoms with E-state index in [2.05, 4.69) is 10.3 Å². The Labute approximate surface area is 220 Å². The van der Waals surface area contributed by atoms with Gasteiger partial charge in [-0.25, -0.2) is 17.8 Å². The number of carbonyl (C=O) groups excluding carboxylic acids is 2. The molecule has 1 aromatic heterocycles. The van der Waals surface area contributed by atoms with E-state index in [1.165, 1.54) is 6.07 Å². The molecule has 2 aromatic carbocycles. The minimum Gasteiger partial charge on any atom is -0.491 e. The average Bonchev–Trinajstić information content (AvgIpc) is 3.09. The summed E-state index contributed by atoms with van der Waals surface area (Å²) < 4.78 is 44.8. The summed E-state index contributed by atoms with van der Waals surface area (Å²) in [7, 11) is -3.77. The molecule has 1 aliphatic rings. The molecular weight excluding hydrogens is 511 g/mol. The van der Waals surface area contributed by atoms with Crippen LogP contribution in [0.3, 0.4) is 0 Å². The third-order valence-electron chi connectivity index (χ3n) is 6.28. The number of nitrogens with one attached hydrogen (secondary N) is 1. The number of nitrogens with zero attached hydrogens (tertiary/aromatic N) is 2. The summed E-state index contributed by atoms with van der Waals surface area (Å²) in [5, 5.41) is 2.64. The van der Waals surface area contributed by atoms with E-state index in [4.69, 9.17) is 10.5 Å². The fourth-order valence-corrected chi connectivity index (χ4v) is 4.99. The van der Waals surface area contributed by atoms with Gasteiger partial charge in [-0.05, 0) is 55.3 Å². The van der Waals surface area contributed by atoms with Crippen LogP contribution in [0, 0.1) is 5.82 Å². The topological polar surface area (TPSA) is 132 Å². The molecule has 0 radical (unpaired) electrons. The number of hydrogen-bond acceptors (Lipinski definition) is 7. The van der Waals surface area contributed by atoms with Crippen molar-refractivity contribution in [2.75, 3.05) is 24.7 Å². The van der Waals surface area contributed by atoms with E-state index in [0.29, 0.717) is 11.6 Å². The predicted octanol–water partition coefficient (Wildman–Crippen LogP) is 3.17. The van der Waals surface area contributed by atoms with Gasteiger partial charge in [-0.3, -0.25) is 9.59 Å². The quantitative estimate of drug-likeness (QED) is 0.491. The first-order chi connectivity index (χ1) is 18.0. The summed E-state index contributed by atoms with van der Waals surface area (Å²) in [6, 6.07) is 10.9. The number of aromatic nitrogens is 1. The van der Waals surface area contributed by atoms with Crippen LogP contribution in [0.2, 0.25) is 0 Å². The van der Waals surface area contributed by atoms with Gasteiger partial charge in [0, 0.05) is 41.3 Å². The second-order valence-corrected chi connectivity index (χ2v) is 11.1. The molecule has 0 aliphatic carbocycles. The molecule has 0 saturated carbocycles. The molecule has 1 aliphatic heterocycles. The fraction of sp³-hybridized carbons (Fsp3) is 0.296. The standard InChI is InChI=1S/C27H29FN4O5S/c1-4-20-21(7-9-23(25(20)28)38(3,35)36)27(34)32-11-12-37-22-8-5-17(13-19(22)15-32)18-6-10-24(30-14-18)31-26(33)16(2)29/h5-10,13-14,16H,4,11-12,15,29H2,1-3H3,(H,30,31,33). The van der Waals surface area contributed by atoms with Crippen molar-refractivity contribution in [2.24, 2.45) is 5.73 Å². The molecule has 0 fully saturated rings. The van der Waals surface area contributed by atoms with Crippen LogP contribution in [0.25, 0.3) is 11.1 Å². The minimum atomic E-state index is -3.77. The Morgan fingerprint density at radius 1 is 1.18 bits per heavy atom. The van der Waals surface area contributed by atoms with Crippen molar-refractivity contribution in [3.05, 3.63) is 71.2 Å². The van der Waals surface area contributed by atoms with Crippen LogP contribution in [0.4, 0.5) is 10.2 Å². The van der Waals surface area contributed by atoms with E-state index in [-0.39, 0.29) is 43.2 Å². The van der Waals surface area contributed by atoms with Crippen LogP contribution in [-0.2, 0) is 27.6 Å². The summed E-state index contributed by atoms with van der Waals surface area (Å²) in [6.07, 6.45) is 2.72. The Hall–Kier alpha value is -3.83. The maximum Gasteiger partial charge on any atom is 0.254 e. The number of pyridine rings is 1. The normalized spacial score (nSPS) is 14.2. The van der Waals surface area contributed by atoms with Gasteiger partial charge in [0.25, 0.3) is 5.91 Å². The molecule has 0 bridgehead atoms. The Morgan fingerprint density at radius 2 is 1.92 bits per heavy atom. The molecule has 11 heteroatoms. The van der Waals surface area contributed by atoms with E-state index < -0.39 is 32.5 Å². The van der Waals surface area contributed by atoms with Crippen LogP contribution in [0.1, 0.15) is 35.3 Å². The van der Waals surface area contributed by atoms with Gasteiger partial charge in [-0.1, -0.05) is 13.0 Å². The number of benzene rings is 2. The molecule has 2 amide bonds. The number of nitrogens with two attached hydrogens (primary N) is 1. The van der Waals surface area contributed by atoms with Gasteiger partial charge >= 0.3 is 0 Å². The number of rotatable bonds is 6. The molecule has 200 valence electrons. The monoisotopic (exact) mass is 540 g/mol. The van der Waals surface area contributed by atoms with Crippen molar-refractivity contribution in [1.29, 1.82) is 0 Å². The third kappa shape index (κ3) is 5.68. The maximum absolute atomic E-state index is 15.0. The molecule has 3 N–H and O–H groups in total. The summed E-state index contributed by atoms with van der Waals surface area (Å²) in [5.41, 5.74) is 8.16. The number of hydrogen-bond donors (Lipinski definition) is 2. The minimum absolute atomic E-state index is 0.0688. The van der Waals surface area contributed by atoms with Crippen molar-refractivity contribution < 1.29 is 27.1 Å². The lowest BCUT2D eigenvalue weighted by molar-refractivity contribution is -0.117. The Balaban J connectivity index is 1.60. The second kappa shape index (κ2) is 10.9. The van der Waals surface area contributed by atoms with Crippen LogP contribution in [0.5, 0.6) is 5.75 Å². The smallest absolute Gasteiger partial charge is 0.254 e.